The first-order chi connectivity index (χ1) is 16.2. The van der Waals surface area contributed by atoms with E-state index in [-0.39, 0.29) is 29.3 Å². The molecule has 2 amide bonds. The van der Waals surface area contributed by atoms with Crippen LogP contribution in [0.5, 0.6) is 17.5 Å². The molecule has 1 heterocycles. The summed E-state index contributed by atoms with van der Waals surface area (Å²) in [5, 5.41) is 25.3. The summed E-state index contributed by atoms with van der Waals surface area (Å²) in [6, 6.07) is 5.17. The van der Waals surface area contributed by atoms with E-state index in [1.807, 2.05) is 0 Å². The number of amides is 2. The molecule has 10 heteroatoms. The van der Waals surface area contributed by atoms with Crippen LogP contribution in [-0.2, 0) is 9.53 Å². The maximum absolute atomic E-state index is 13.1. The van der Waals surface area contributed by atoms with Gasteiger partial charge in [0.05, 0.1) is 31.2 Å². The van der Waals surface area contributed by atoms with Crippen LogP contribution >= 0.6 is 0 Å². The van der Waals surface area contributed by atoms with Gasteiger partial charge in [0.25, 0.3) is 0 Å². The van der Waals surface area contributed by atoms with Crippen molar-refractivity contribution in [3.05, 3.63) is 41.0 Å². The normalized spacial score (nSPS) is 13.1. The number of H-pyrrole nitrogens is 1. The van der Waals surface area contributed by atoms with Gasteiger partial charge in [-0.2, -0.15) is 0 Å². The summed E-state index contributed by atoms with van der Waals surface area (Å²) in [5.41, 5.74) is -0.0182. The highest BCUT2D eigenvalue weighted by Crippen LogP contribution is 2.30. The van der Waals surface area contributed by atoms with Gasteiger partial charge in [-0.05, 0) is 51.3 Å². The third kappa shape index (κ3) is 7.40. The molecule has 0 radical (unpaired) electrons. The Balaban J connectivity index is 2.27. The molecule has 1 unspecified atom stereocenters. The van der Waals surface area contributed by atoms with E-state index < -0.39 is 41.3 Å². The van der Waals surface area contributed by atoms with Crippen molar-refractivity contribution in [2.75, 3.05) is 7.11 Å². The van der Waals surface area contributed by atoms with Gasteiger partial charge in [0.1, 0.15) is 11.4 Å². The second-order valence-corrected chi connectivity index (χ2v) is 9.66. The minimum Gasteiger partial charge on any atom is -0.497 e. The first-order valence-corrected chi connectivity index (χ1v) is 11.3. The number of ketones is 1. The number of alkyl carbamates (subject to hydrolysis) is 1. The number of aromatic nitrogens is 1. The Morgan fingerprint density at radius 1 is 1.09 bits per heavy atom. The lowest BCUT2D eigenvalue weighted by Crippen LogP contribution is -2.46. The van der Waals surface area contributed by atoms with Crippen LogP contribution in [0.25, 0.3) is 0 Å². The third-order valence-corrected chi connectivity index (χ3v) is 5.29. The molecular formula is C25H35N3O7. The van der Waals surface area contributed by atoms with Crippen molar-refractivity contribution in [3.63, 3.8) is 0 Å². The van der Waals surface area contributed by atoms with Crippen LogP contribution in [-0.4, -0.2) is 51.7 Å². The van der Waals surface area contributed by atoms with Crippen molar-refractivity contribution < 1.29 is 34.1 Å². The van der Waals surface area contributed by atoms with E-state index in [2.05, 4.69) is 15.6 Å². The maximum Gasteiger partial charge on any atom is 0.408 e. The lowest BCUT2D eigenvalue weighted by atomic mass is 9.93. The van der Waals surface area contributed by atoms with Crippen molar-refractivity contribution in [2.45, 2.75) is 65.6 Å². The molecule has 192 valence electrons. The van der Waals surface area contributed by atoms with Crippen molar-refractivity contribution in [1.82, 2.24) is 15.6 Å². The highest BCUT2D eigenvalue weighted by atomic mass is 16.6. The molecular weight excluding hydrogens is 454 g/mol. The van der Waals surface area contributed by atoms with Gasteiger partial charge in [-0.1, -0.05) is 26.0 Å². The summed E-state index contributed by atoms with van der Waals surface area (Å²) in [4.78, 5) is 41.0. The second kappa shape index (κ2) is 11.2. The molecule has 2 aromatic rings. The van der Waals surface area contributed by atoms with E-state index in [0.717, 1.165) is 0 Å². The largest absolute Gasteiger partial charge is 0.497 e. The van der Waals surface area contributed by atoms with Crippen LogP contribution in [0.4, 0.5) is 4.79 Å². The number of carbonyl (C=O) groups excluding carboxylic acids is 3. The van der Waals surface area contributed by atoms with Crippen LogP contribution in [0.1, 0.15) is 68.6 Å². The van der Waals surface area contributed by atoms with Gasteiger partial charge in [0, 0.05) is 5.56 Å². The molecule has 2 atom stereocenters. The van der Waals surface area contributed by atoms with Gasteiger partial charge in [-0.3, -0.25) is 14.6 Å². The molecule has 0 fully saturated rings. The monoisotopic (exact) mass is 489 g/mol. The Morgan fingerprint density at radius 3 is 2.26 bits per heavy atom. The molecule has 0 saturated heterocycles. The van der Waals surface area contributed by atoms with Crippen LogP contribution in [0, 0.1) is 12.8 Å². The fraction of sp³-hybridized carbons (Fsp3) is 0.480. The van der Waals surface area contributed by atoms with E-state index in [4.69, 9.17) is 9.47 Å². The zero-order chi connectivity index (χ0) is 26.5. The number of aromatic amines is 1. The molecule has 0 bridgehead atoms. The third-order valence-electron chi connectivity index (χ3n) is 5.29. The summed E-state index contributed by atoms with van der Waals surface area (Å²) in [7, 11) is 1.51. The van der Waals surface area contributed by atoms with Gasteiger partial charge < -0.3 is 30.3 Å². The number of rotatable bonds is 9. The minimum atomic E-state index is -0.977. The van der Waals surface area contributed by atoms with Gasteiger partial charge in [-0.25, -0.2) is 4.79 Å². The van der Waals surface area contributed by atoms with E-state index in [1.165, 1.54) is 14.0 Å². The smallest absolute Gasteiger partial charge is 0.408 e. The molecule has 0 aliphatic heterocycles. The van der Waals surface area contributed by atoms with Crippen LogP contribution in [0.15, 0.2) is 24.3 Å². The van der Waals surface area contributed by atoms with E-state index in [9.17, 15) is 24.6 Å². The number of nitrogens with one attached hydrogen (secondary N) is 3. The Morgan fingerprint density at radius 2 is 1.74 bits per heavy atom. The number of hydrogen-bond donors (Lipinski definition) is 5. The predicted octanol–water partition coefficient (Wildman–Crippen LogP) is 3.72. The number of hydrogen-bond acceptors (Lipinski definition) is 7. The number of methoxy groups -OCH3 is 1. The topological polar surface area (TPSA) is 150 Å². The van der Waals surface area contributed by atoms with E-state index >= 15 is 0 Å². The molecule has 5 N–H and O–H groups in total. The SMILES string of the molecule is COc1cccc(C(CC(=O)N[C@H](C(=O)c2c(O)[nH]c(O)c2C)C(C)C)NC(=O)OC(C)(C)C)c1. The Bertz CT molecular complexity index is 1070. The average Bonchev–Trinajstić information content (AvgIpc) is 3.00. The molecule has 35 heavy (non-hydrogen) atoms. The number of Topliss-reactive ketones (excluding diaryl/α,β-unsaturated/α-hetero) is 1. The lowest BCUT2D eigenvalue weighted by Gasteiger charge is -2.25. The van der Waals surface area contributed by atoms with Crippen molar-refractivity contribution >= 4 is 17.8 Å². The Labute approximate surface area is 205 Å². The molecule has 2 rings (SSSR count). The summed E-state index contributed by atoms with van der Waals surface area (Å²) in [6.07, 6.45) is -0.885. The van der Waals surface area contributed by atoms with E-state index in [1.54, 1.807) is 58.9 Å². The lowest BCUT2D eigenvalue weighted by molar-refractivity contribution is -0.122. The van der Waals surface area contributed by atoms with Crippen molar-refractivity contribution in [1.29, 1.82) is 0 Å². The zero-order valence-electron chi connectivity index (χ0n) is 21.2. The molecule has 0 spiro atoms. The molecule has 1 aromatic heterocycles. The zero-order valence-corrected chi connectivity index (χ0v) is 21.2. The van der Waals surface area contributed by atoms with Gasteiger partial charge in [0.15, 0.2) is 11.7 Å². The molecule has 0 aliphatic carbocycles. The fourth-order valence-electron chi connectivity index (χ4n) is 3.53. The highest BCUT2D eigenvalue weighted by Gasteiger charge is 2.32. The number of aromatic hydroxyl groups is 2. The molecule has 1 aromatic carbocycles. The Hall–Kier alpha value is -3.69. The predicted molar refractivity (Wildman–Crippen MR) is 130 cm³/mol. The fourth-order valence-corrected chi connectivity index (χ4v) is 3.53. The van der Waals surface area contributed by atoms with Crippen molar-refractivity contribution in [2.24, 2.45) is 5.92 Å². The molecule has 0 saturated carbocycles. The van der Waals surface area contributed by atoms with Crippen molar-refractivity contribution in [3.8, 4) is 17.5 Å². The maximum atomic E-state index is 13.1. The van der Waals surface area contributed by atoms with Gasteiger partial charge >= 0.3 is 6.09 Å². The standard InChI is InChI=1S/C25H35N3O7/c1-13(2)20(21(30)19-14(3)22(31)28-23(19)32)27-18(29)12-17(26-24(33)35-25(4,5)6)15-9-8-10-16(11-15)34-7/h8-11,13,17,20,28,31-32H,12H2,1-7H3,(H,26,33)(H,27,29)/t17?,20-/m0/s1. The minimum absolute atomic E-state index is 0.0854. The van der Waals surface area contributed by atoms with Gasteiger partial charge in [0.2, 0.25) is 11.8 Å². The average molecular weight is 490 g/mol. The number of benzene rings is 1. The van der Waals surface area contributed by atoms with Crippen LogP contribution in [0.2, 0.25) is 0 Å². The molecule has 10 nitrogen and oxygen atoms in total. The van der Waals surface area contributed by atoms with Gasteiger partial charge in [-0.15, -0.1) is 0 Å². The second-order valence-electron chi connectivity index (χ2n) is 9.66. The molecule has 0 aliphatic rings. The van der Waals surface area contributed by atoms with Crippen LogP contribution in [0.3, 0.4) is 0 Å². The summed E-state index contributed by atoms with van der Waals surface area (Å²) in [6.45, 7) is 10.2. The first-order valence-electron chi connectivity index (χ1n) is 11.3. The van der Waals surface area contributed by atoms with Crippen LogP contribution < -0.4 is 15.4 Å². The number of carbonyl (C=O) groups is 3. The summed E-state index contributed by atoms with van der Waals surface area (Å²) in [5.74, 6) is -1.61. The first kappa shape index (κ1) is 27.6. The quantitative estimate of drug-likeness (QED) is 0.337. The number of ether oxygens (including phenoxy) is 2. The van der Waals surface area contributed by atoms with E-state index in [0.29, 0.717) is 11.3 Å². The Kier molecular flexibility index (Phi) is 8.78. The summed E-state index contributed by atoms with van der Waals surface area (Å²) >= 11 is 0. The highest BCUT2D eigenvalue weighted by molar-refractivity contribution is 6.05. The summed E-state index contributed by atoms with van der Waals surface area (Å²) < 4.78 is 10.6.